The Kier molecular flexibility index (Phi) is 15.2. The van der Waals surface area contributed by atoms with Crippen LogP contribution < -0.4 is 10.6 Å². The van der Waals surface area contributed by atoms with Gasteiger partial charge in [-0.15, -0.1) is 0 Å². The number of hydrogen-bond donors (Lipinski definition) is 2. The molecular formula is C18H34N2. The first-order valence-electron chi connectivity index (χ1n) is 8.34. The van der Waals surface area contributed by atoms with Crippen molar-refractivity contribution < 1.29 is 0 Å². The second-order valence-corrected chi connectivity index (χ2v) is 5.10. The van der Waals surface area contributed by atoms with E-state index in [1.807, 2.05) is 18.2 Å². The van der Waals surface area contributed by atoms with Crippen LogP contribution in [0.4, 0.5) is 5.69 Å². The van der Waals surface area contributed by atoms with Gasteiger partial charge in [0.05, 0.1) is 0 Å². The Morgan fingerprint density at radius 1 is 0.700 bits per heavy atom. The summed E-state index contributed by atoms with van der Waals surface area (Å²) in [5.41, 5.74) is 1.22. The molecule has 0 radical (unpaired) electrons. The number of hydrogen-bond acceptors (Lipinski definition) is 2. The van der Waals surface area contributed by atoms with Gasteiger partial charge < -0.3 is 10.6 Å². The molecule has 0 saturated heterocycles. The van der Waals surface area contributed by atoms with Gasteiger partial charge in [0.15, 0.2) is 0 Å². The van der Waals surface area contributed by atoms with E-state index in [1.165, 1.54) is 57.3 Å². The summed E-state index contributed by atoms with van der Waals surface area (Å²) in [4.78, 5) is 0. The predicted molar refractivity (Wildman–Crippen MR) is 92.5 cm³/mol. The van der Waals surface area contributed by atoms with Gasteiger partial charge in [-0.2, -0.15) is 0 Å². The van der Waals surface area contributed by atoms with Gasteiger partial charge >= 0.3 is 0 Å². The van der Waals surface area contributed by atoms with Gasteiger partial charge in [0.1, 0.15) is 0 Å². The van der Waals surface area contributed by atoms with Gasteiger partial charge in [-0.25, -0.2) is 0 Å². The highest BCUT2D eigenvalue weighted by Gasteiger charge is 1.86. The maximum absolute atomic E-state index is 3.39. The van der Waals surface area contributed by atoms with E-state index in [0.717, 1.165) is 6.54 Å². The summed E-state index contributed by atoms with van der Waals surface area (Å²) in [6, 6.07) is 10.3. The molecule has 0 spiro atoms. The fourth-order valence-electron chi connectivity index (χ4n) is 1.69. The Hall–Kier alpha value is -1.02. The number of rotatable bonds is 10. The standard InChI is InChI=1S/C10H15N.C8H19N/c1-2-3-9-11-10-7-5-4-6-8-10;1-3-5-7-9-8-6-4-2/h4-8,11H,2-3,9H2,1H3;9H,3-8H2,1-2H3. The van der Waals surface area contributed by atoms with E-state index in [-0.39, 0.29) is 0 Å². The summed E-state index contributed by atoms with van der Waals surface area (Å²) in [6.07, 6.45) is 7.75. The molecule has 1 rings (SSSR count). The molecule has 0 aromatic heterocycles. The molecule has 1 aromatic carbocycles. The van der Waals surface area contributed by atoms with Crippen molar-refractivity contribution in [1.29, 1.82) is 0 Å². The van der Waals surface area contributed by atoms with Crippen LogP contribution in [-0.4, -0.2) is 19.6 Å². The third-order valence-corrected chi connectivity index (χ3v) is 3.05. The molecule has 116 valence electrons. The molecule has 2 heteroatoms. The first kappa shape index (κ1) is 19.0. The third-order valence-electron chi connectivity index (χ3n) is 3.05. The molecular weight excluding hydrogens is 244 g/mol. The Labute approximate surface area is 126 Å². The zero-order valence-electron chi connectivity index (χ0n) is 13.8. The number of anilines is 1. The van der Waals surface area contributed by atoms with Gasteiger partial charge in [0.25, 0.3) is 0 Å². The molecule has 0 aliphatic heterocycles. The molecule has 20 heavy (non-hydrogen) atoms. The molecule has 0 bridgehead atoms. The van der Waals surface area contributed by atoms with Crippen molar-refractivity contribution in [2.45, 2.75) is 59.3 Å². The average Bonchev–Trinajstić information content (AvgIpc) is 2.49. The lowest BCUT2D eigenvalue weighted by Crippen LogP contribution is -2.15. The molecule has 1 aromatic rings. The number of unbranched alkanes of at least 4 members (excludes halogenated alkanes) is 3. The van der Waals surface area contributed by atoms with Crippen molar-refractivity contribution in [3.05, 3.63) is 30.3 Å². The lowest BCUT2D eigenvalue weighted by molar-refractivity contribution is 0.611. The van der Waals surface area contributed by atoms with Crippen molar-refractivity contribution in [2.24, 2.45) is 0 Å². The molecule has 2 N–H and O–H groups in total. The zero-order valence-corrected chi connectivity index (χ0v) is 13.8. The van der Waals surface area contributed by atoms with Gasteiger partial charge in [-0.1, -0.05) is 58.2 Å². The van der Waals surface area contributed by atoms with Gasteiger partial charge in [-0.3, -0.25) is 0 Å². The normalized spacial score (nSPS) is 9.75. The molecule has 0 amide bonds. The Bertz CT molecular complexity index is 266. The van der Waals surface area contributed by atoms with Crippen LogP contribution in [-0.2, 0) is 0 Å². The predicted octanol–water partition coefficient (Wildman–Crippen LogP) is 5.07. The Balaban J connectivity index is 0.000000370. The van der Waals surface area contributed by atoms with Crippen molar-refractivity contribution in [3.63, 3.8) is 0 Å². The highest BCUT2D eigenvalue weighted by molar-refractivity contribution is 5.42. The largest absolute Gasteiger partial charge is 0.385 e. The summed E-state index contributed by atoms with van der Waals surface area (Å²) in [7, 11) is 0. The Morgan fingerprint density at radius 2 is 1.20 bits per heavy atom. The minimum atomic E-state index is 1.08. The molecule has 0 unspecified atom stereocenters. The second kappa shape index (κ2) is 16.0. The second-order valence-electron chi connectivity index (χ2n) is 5.10. The quantitative estimate of drug-likeness (QED) is 0.584. The SMILES string of the molecule is CCCCNCCCC.CCCCNc1ccccc1. The number of benzene rings is 1. The maximum Gasteiger partial charge on any atom is 0.0340 e. The molecule has 0 aliphatic rings. The lowest BCUT2D eigenvalue weighted by atomic mass is 10.3. The van der Waals surface area contributed by atoms with Crippen molar-refractivity contribution >= 4 is 5.69 Å². The van der Waals surface area contributed by atoms with E-state index in [9.17, 15) is 0 Å². The summed E-state index contributed by atoms with van der Waals surface area (Å²) < 4.78 is 0. The number of nitrogens with one attached hydrogen (secondary N) is 2. The summed E-state index contributed by atoms with van der Waals surface area (Å²) >= 11 is 0. The molecule has 0 atom stereocenters. The van der Waals surface area contributed by atoms with Gasteiger partial charge in [0, 0.05) is 12.2 Å². The van der Waals surface area contributed by atoms with E-state index in [1.54, 1.807) is 0 Å². The van der Waals surface area contributed by atoms with Gasteiger partial charge in [0.2, 0.25) is 0 Å². The third kappa shape index (κ3) is 13.4. The molecule has 0 saturated carbocycles. The van der Waals surface area contributed by atoms with Crippen LogP contribution in [0, 0.1) is 0 Å². The summed E-state index contributed by atoms with van der Waals surface area (Å²) in [5.74, 6) is 0. The minimum Gasteiger partial charge on any atom is -0.385 e. The van der Waals surface area contributed by atoms with Crippen LogP contribution in [0.2, 0.25) is 0 Å². The summed E-state index contributed by atoms with van der Waals surface area (Å²) in [5, 5.41) is 6.73. The van der Waals surface area contributed by atoms with Crippen LogP contribution in [0.3, 0.4) is 0 Å². The monoisotopic (exact) mass is 278 g/mol. The lowest BCUT2D eigenvalue weighted by Gasteiger charge is -2.03. The fourth-order valence-corrected chi connectivity index (χ4v) is 1.69. The summed E-state index contributed by atoms with van der Waals surface area (Å²) in [6.45, 7) is 10.1. The van der Waals surface area contributed by atoms with Crippen LogP contribution in [0.25, 0.3) is 0 Å². The highest BCUT2D eigenvalue weighted by Crippen LogP contribution is 2.04. The van der Waals surface area contributed by atoms with E-state index >= 15 is 0 Å². The van der Waals surface area contributed by atoms with Crippen molar-refractivity contribution in [3.8, 4) is 0 Å². The van der Waals surface area contributed by atoms with Crippen LogP contribution in [0.15, 0.2) is 30.3 Å². The van der Waals surface area contributed by atoms with E-state index < -0.39 is 0 Å². The molecule has 0 aliphatic carbocycles. The van der Waals surface area contributed by atoms with E-state index in [4.69, 9.17) is 0 Å². The van der Waals surface area contributed by atoms with Crippen molar-refractivity contribution in [2.75, 3.05) is 25.0 Å². The minimum absolute atomic E-state index is 1.08. The first-order chi connectivity index (χ1) is 9.85. The van der Waals surface area contributed by atoms with Crippen LogP contribution in [0.1, 0.15) is 59.3 Å². The topological polar surface area (TPSA) is 24.1 Å². The zero-order chi connectivity index (χ0) is 14.9. The van der Waals surface area contributed by atoms with E-state index in [0.29, 0.717) is 0 Å². The van der Waals surface area contributed by atoms with Crippen LogP contribution >= 0.6 is 0 Å². The molecule has 0 heterocycles. The first-order valence-corrected chi connectivity index (χ1v) is 8.34. The maximum atomic E-state index is 3.39. The van der Waals surface area contributed by atoms with Crippen LogP contribution in [0.5, 0.6) is 0 Å². The fraction of sp³-hybridized carbons (Fsp3) is 0.667. The highest BCUT2D eigenvalue weighted by atomic mass is 14.9. The van der Waals surface area contributed by atoms with Gasteiger partial charge in [-0.05, 0) is 44.5 Å². The average molecular weight is 278 g/mol. The van der Waals surface area contributed by atoms with E-state index in [2.05, 4.69) is 43.5 Å². The Morgan fingerprint density at radius 3 is 1.70 bits per heavy atom. The molecule has 0 fully saturated rings. The molecule has 2 nitrogen and oxygen atoms in total. The number of para-hydroxylation sites is 1. The smallest absolute Gasteiger partial charge is 0.0340 e. The van der Waals surface area contributed by atoms with Crippen molar-refractivity contribution in [1.82, 2.24) is 5.32 Å².